The van der Waals surface area contributed by atoms with Crippen LogP contribution in [0.3, 0.4) is 0 Å². The number of carbonyl (C=O) groups is 1. The first-order chi connectivity index (χ1) is 11.4. The van der Waals surface area contributed by atoms with E-state index in [-0.39, 0.29) is 16.8 Å². The first-order valence-corrected chi connectivity index (χ1v) is 7.23. The van der Waals surface area contributed by atoms with Crippen molar-refractivity contribution in [2.75, 3.05) is 5.32 Å². The van der Waals surface area contributed by atoms with Gasteiger partial charge in [0.2, 0.25) is 0 Å². The van der Waals surface area contributed by atoms with Crippen LogP contribution in [0.4, 0.5) is 11.4 Å². The molecule has 0 aliphatic rings. The fourth-order valence-electron chi connectivity index (χ4n) is 2.01. The topological polar surface area (TPSA) is 96.0 Å². The van der Waals surface area contributed by atoms with Crippen LogP contribution in [-0.4, -0.2) is 10.8 Å². The van der Waals surface area contributed by atoms with Gasteiger partial charge in [-0.05, 0) is 36.8 Å². The number of nitrogens with zero attached hydrogens (tertiary/aromatic N) is 2. The summed E-state index contributed by atoms with van der Waals surface area (Å²) in [5.41, 5.74) is 0.879. The molecule has 0 saturated carbocycles. The van der Waals surface area contributed by atoms with Crippen molar-refractivity contribution in [3.63, 3.8) is 0 Å². The van der Waals surface area contributed by atoms with E-state index in [9.17, 15) is 20.2 Å². The van der Waals surface area contributed by atoms with Gasteiger partial charge in [-0.3, -0.25) is 14.9 Å². The first kappa shape index (κ1) is 17.2. The number of halogens is 1. The van der Waals surface area contributed by atoms with E-state index in [1.54, 1.807) is 37.3 Å². The van der Waals surface area contributed by atoms with E-state index < -0.39 is 10.8 Å². The molecule has 0 saturated heterocycles. The third kappa shape index (κ3) is 3.77. The van der Waals surface area contributed by atoms with Crippen LogP contribution >= 0.6 is 11.6 Å². The van der Waals surface area contributed by atoms with Crippen LogP contribution in [0, 0.1) is 28.4 Å². The highest BCUT2D eigenvalue weighted by Crippen LogP contribution is 2.24. The molecule has 0 radical (unpaired) electrons. The van der Waals surface area contributed by atoms with Crippen molar-refractivity contribution in [2.24, 2.45) is 0 Å². The number of nitrogens with one attached hydrogen (secondary N) is 1. The first-order valence-electron chi connectivity index (χ1n) is 6.85. The zero-order valence-corrected chi connectivity index (χ0v) is 13.4. The molecule has 1 N–H and O–H groups in total. The van der Waals surface area contributed by atoms with Gasteiger partial charge in [0, 0.05) is 16.8 Å². The van der Waals surface area contributed by atoms with Crippen molar-refractivity contribution in [2.45, 2.75) is 6.92 Å². The Kier molecular flexibility index (Phi) is 5.30. The van der Waals surface area contributed by atoms with E-state index in [2.05, 4.69) is 5.32 Å². The lowest BCUT2D eigenvalue weighted by Gasteiger charge is -2.08. The van der Waals surface area contributed by atoms with Crippen LogP contribution in [0.15, 0.2) is 48.0 Å². The van der Waals surface area contributed by atoms with Crippen molar-refractivity contribution in [3.05, 3.63) is 74.3 Å². The number of benzene rings is 2. The molecule has 2 aromatic rings. The summed E-state index contributed by atoms with van der Waals surface area (Å²) in [5, 5.41) is 23.3. The van der Waals surface area contributed by atoms with Crippen LogP contribution in [-0.2, 0) is 4.79 Å². The largest absolute Gasteiger partial charge is 0.321 e. The number of para-hydroxylation sites is 1. The summed E-state index contributed by atoms with van der Waals surface area (Å²) < 4.78 is 0. The molecule has 0 atom stereocenters. The van der Waals surface area contributed by atoms with Crippen molar-refractivity contribution in [1.29, 1.82) is 5.26 Å². The number of nitro groups is 1. The minimum atomic E-state index is -0.666. The molecule has 0 aromatic heterocycles. The van der Waals surface area contributed by atoms with Gasteiger partial charge >= 0.3 is 0 Å². The predicted molar refractivity (Wildman–Crippen MR) is 91.5 cm³/mol. The van der Waals surface area contributed by atoms with Crippen LogP contribution in [0.1, 0.15) is 11.1 Å². The molecule has 2 rings (SSSR count). The van der Waals surface area contributed by atoms with Crippen molar-refractivity contribution in [3.8, 4) is 6.07 Å². The SMILES string of the molecule is Cc1c(Cl)cccc1NC(=O)/C(C#N)=C/c1ccccc1[N+](=O)[O-]. The van der Waals surface area contributed by atoms with E-state index in [4.69, 9.17) is 11.6 Å². The number of hydrogen-bond donors (Lipinski definition) is 1. The molecule has 0 aliphatic heterocycles. The van der Waals surface area contributed by atoms with Crippen LogP contribution in [0.5, 0.6) is 0 Å². The highest BCUT2D eigenvalue weighted by Gasteiger charge is 2.16. The summed E-state index contributed by atoms with van der Waals surface area (Å²) in [6, 6.07) is 12.6. The second-order valence-corrected chi connectivity index (χ2v) is 5.26. The molecule has 0 fully saturated rings. The predicted octanol–water partition coefficient (Wildman–Crippen LogP) is 4.10. The molecule has 0 aliphatic carbocycles. The summed E-state index contributed by atoms with van der Waals surface area (Å²) in [7, 11) is 0. The third-order valence-corrected chi connectivity index (χ3v) is 3.72. The number of carbonyl (C=O) groups excluding carboxylic acids is 1. The number of nitro benzene ring substituents is 1. The smallest absolute Gasteiger partial charge is 0.276 e. The highest BCUT2D eigenvalue weighted by atomic mass is 35.5. The molecule has 0 bridgehead atoms. The molecule has 2 aromatic carbocycles. The third-order valence-electron chi connectivity index (χ3n) is 3.31. The summed E-state index contributed by atoms with van der Waals surface area (Å²) in [6.45, 7) is 1.73. The number of hydrogen-bond acceptors (Lipinski definition) is 4. The Hall–Kier alpha value is -3.17. The Bertz CT molecular complexity index is 885. The maximum absolute atomic E-state index is 12.3. The van der Waals surface area contributed by atoms with Crippen LogP contribution in [0.2, 0.25) is 5.02 Å². The Morgan fingerprint density at radius 2 is 2.00 bits per heavy atom. The lowest BCUT2D eigenvalue weighted by atomic mass is 10.1. The van der Waals surface area contributed by atoms with E-state index in [0.717, 1.165) is 0 Å². The molecular weight excluding hydrogens is 330 g/mol. The Balaban J connectivity index is 2.35. The maximum atomic E-state index is 12.3. The normalized spacial score (nSPS) is 10.8. The Morgan fingerprint density at radius 3 is 2.67 bits per heavy atom. The van der Waals surface area contributed by atoms with Gasteiger partial charge in [0.1, 0.15) is 11.6 Å². The fourth-order valence-corrected chi connectivity index (χ4v) is 2.19. The number of nitriles is 1. The van der Waals surface area contributed by atoms with Crippen LogP contribution < -0.4 is 5.32 Å². The van der Waals surface area contributed by atoms with Gasteiger partial charge in [-0.2, -0.15) is 5.26 Å². The minimum Gasteiger partial charge on any atom is -0.321 e. The standard InChI is InChI=1S/C17H12ClN3O3/c1-11-14(18)6-4-7-15(11)20-17(22)13(10-19)9-12-5-2-3-8-16(12)21(23)24/h2-9H,1H3,(H,20,22)/b13-9+. The second-order valence-electron chi connectivity index (χ2n) is 4.85. The summed E-state index contributed by atoms with van der Waals surface area (Å²) in [4.78, 5) is 22.7. The quantitative estimate of drug-likeness (QED) is 0.392. The molecule has 0 heterocycles. The molecule has 120 valence electrons. The number of anilines is 1. The van der Waals surface area contributed by atoms with Gasteiger partial charge in [0.25, 0.3) is 11.6 Å². The number of amides is 1. The minimum absolute atomic E-state index is 0.178. The Labute approximate surface area is 143 Å². The van der Waals surface area contributed by atoms with Gasteiger partial charge in [-0.15, -0.1) is 0 Å². The zero-order valence-electron chi connectivity index (χ0n) is 12.6. The summed E-state index contributed by atoms with van der Waals surface area (Å²) in [5.74, 6) is -0.666. The molecule has 1 amide bonds. The van der Waals surface area contributed by atoms with E-state index in [1.807, 2.05) is 0 Å². The molecule has 0 spiro atoms. The maximum Gasteiger partial charge on any atom is 0.276 e. The van der Waals surface area contributed by atoms with Gasteiger partial charge in [-0.25, -0.2) is 0 Å². The molecule has 7 heteroatoms. The Morgan fingerprint density at radius 1 is 1.29 bits per heavy atom. The lowest BCUT2D eigenvalue weighted by Crippen LogP contribution is -2.14. The van der Waals surface area contributed by atoms with Gasteiger partial charge in [0.05, 0.1) is 10.5 Å². The van der Waals surface area contributed by atoms with Gasteiger partial charge in [0.15, 0.2) is 0 Å². The van der Waals surface area contributed by atoms with Crippen molar-refractivity contribution < 1.29 is 9.72 Å². The fraction of sp³-hybridized carbons (Fsp3) is 0.0588. The molecule has 0 unspecified atom stereocenters. The number of rotatable bonds is 4. The molecule has 24 heavy (non-hydrogen) atoms. The van der Waals surface area contributed by atoms with E-state index in [1.165, 1.54) is 24.3 Å². The average molecular weight is 342 g/mol. The van der Waals surface area contributed by atoms with Gasteiger partial charge in [-0.1, -0.05) is 29.8 Å². The monoisotopic (exact) mass is 341 g/mol. The van der Waals surface area contributed by atoms with Gasteiger partial charge < -0.3 is 5.32 Å². The molecule has 6 nitrogen and oxygen atoms in total. The van der Waals surface area contributed by atoms with E-state index >= 15 is 0 Å². The highest BCUT2D eigenvalue weighted by molar-refractivity contribution is 6.31. The van der Waals surface area contributed by atoms with E-state index in [0.29, 0.717) is 16.3 Å². The van der Waals surface area contributed by atoms with Crippen molar-refractivity contribution >= 4 is 35.0 Å². The molecular formula is C17H12ClN3O3. The summed E-state index contributed by atoms with van der Waals surface area (Å²) in [6.07, 6.45) is 1.19. The second kappa shape index (κ2) is 7.40. The van der Waals surface area contributed by atoms with Crippen molar-refractivity contribution in [1.82, 2.24) is 0 Å². The lowest BCUT2D eigenvalue weighted by molar-refractivity contribution is -0.385. The average Bonchev–Trinajstić information content (AvgIpc) is 2.56. The van der Waals surface area contributed by atoms with Crippen LogP contribution in [0.25, 0.3) is 6.08 Å². The zero-order chi connectivity index (χ0) is 17.7. The summed E-state index contributed by atoms with van der Waals surface area (Å²) >= 11 is 5.99.